The second kappa shape index (κ2) is 6.83. The first-order chi connectivity index (χ1) is 12.4. The zero-order chi connectivity index (χ0) is 18.3. The number of piperidine rings is 1. The average molecular weight is 379 g/mol. The second-order valence-electron chi connectivity index (χ2n) is 7.54. The molecule has 3 N–H and O–H groups in total. The van der Waals surface area contributed by atoms with Crippen molar-refractivity contribution in [3.05, 3.63) is 23.8 Å². The van der Waals surface area contributed by atoms with Crippen molar-refractivity contribution >= 4 is 15.9 Å². The molecule has 2 heterocycles. The number of benzene rings is 1. The van der Waals surface area contributed by atoms with Crippen LogP contribution >= 0.6 is 0 Å². The van der Waals surface area contributed by atoms with Gasteiger partial charge in [-0.15, -0.1) is 0 Å². The maximum absolute atomic E-state index is 12.7. The summed E-state index contributed by atoms with van der Waals surface area (Å²) in [6.45, 7) is 0. The fourth-order valence-corrected chi connectivity index (χ4v) is 5.46. The van der Waals surface area contributed by atoms with Crippen LogP contribution in [0.4, 0.5) is 0 Å². The minimum absolute atomic E-state index is 0.00703. The highest BCUT2D eigenvalue weighted by molar-refractivity contribution is 7.89. The van der Waals surface area contributed by atoms with Gasteiger partial charge in [0, 0.05) is 29.7 Å². The van der Waals surface area contributed by atoms with E-state index in [1.54, 1.807) is 12.1 Å². The van der Waals surface area contributed by atoms with Crippen molar-refractivity contribution in [1.82, 2.24) is 15.4 Å². The normalized spacial score (nSPS) is 28.0. The summed E-state index contributed by atoms with van der Waals surface area (Å²) in [4.78, 5) is 12.7. The molecule has 1 aromatic carbocycles. The van der Waals surface area contributed by atoms with Crippen molar-refractivity contribution in [3.63, 3.8) is 0 Å². The molecule has 2 aliphatic heterocycles. The molecule has 3 aliphatic rings. The van der Waals surface area contributed by atoms with Crippen LogP contribution in [0.1, 0.15) is 48.9 Å². The fourth-order valence-electron chi connectivity index (χ4n) is 3.96. The average Bonchev–Trinajstić information content (AvgIpc) is 3.35. The molecule has 26 heavy (non-hydrogen) atoms. The van der Waals surface area contributed by atoms with E-state index in [0.717, 1.165) is 38.5 Å². The Balaban J connectivity index is 1.52. The number of carbonyl (C=O) groups excluding carboxylic acids is 1. The summed E-state index contributed by atoms with van der Waals surface area (Å²) in [5.41, 5.74) is 0.341. The van der Waals surface area contributed by atoms with Gasteiger partial charge in [0.05, 0.1) is 7.11 Å². The number of amides is 1. The number of carbonyl (C=O) groups is 1. The number of nitrogens with one attached hydrogen (secondary N) is 3. The quantitative estimate of drug-likeness (QED) is 0.689. The highest BCUT2D eigenvalue weighted by Gasteiger charge is 2.34. The van der Waals surface area contributed by atoms with Crippen LogP contribution in [0.5, 0.6) is 5.75 Å². The molecule has 142 valence electrons. The lowest BCUT2D eigenvalue weighted by Crippen LogP contribution is -2.48. The van der Waals surface area contributed by atoms with Crippen molar-refractivity contribution in [3.8, 4) is 5.75 Å². The van der Waals surface area contributed by atoms with Gasteiger partial charge in [-0.25, -0.2) is 13.1 Å². The zero-order valence-corrected chi connectivity index (χ0v) is 15.6. The Morgan fingerprint density at radius 1 is 1.12 bits per heavy atom. The summed E-state index contributed by atoms with van der Waals surface area (Å²) in [5.74, 6) is 0.0106. The van der Waals surface area contributed by atoms with Crippen LogP contribution in [0.3, 0.4) is 0 Å². The molecule has 1 amide bonds. The van der Waals surface area contributed by atoms with Crippen molar-refractivity contribution in [2.45, 2.75) is 67.6 Å². The van der Waals surface area contributed by atoms with Crippen molar-refractivity contribution in [2.24, 2.45) is 0 Å². The van der Waals surface area contributed by atoms with Crippen molar-refractivity contribution in [2.75, 3.05) is 7.11 Å². The van der Waals surface area contributed by atoms with E-state index in [0.29, 0.717) is 17.6 Å². The number of hydrogen-bond donors (Lipinski definition) is 3. The number of hydrogen-bond acceptors (Lipinski definition) is 5. The summed E-state index contributed by atoms with van der Waals surface area (Å²) in [6, 6.07) is 5.65. The van der Waals surface area contributed by atoms with E-state index in [1.807, 2.05) is 0 Å². The molecule has 1 aliphatic carbocycles. The number of sulfonamides is 1. The summed E-state index contributed by atoms with van der Waals surface area (Å²) in [7, 11) is -2.27. The lowest BCUT2D eigenvalue weighted by Gasteiger charge is -2.29. The monoisotopic (exact) mass is 379 g/mol. The van der Waals surface area contributed by atoms with E-state index in [9.17, 15) is 13.2 Å². The molecule has 4 rings (SSSR count). The molecule has 1 saturated carbocycles. The molecule has 2 unspecified atom stereocenters. The van der Waals surface area contributed by atoms with E-state index in [4.69, 9.17) is 4.74 Å². The molecule has 0 aromatic heterocycles. The minimum Gasteiger partial charge on any atom is -0.495 e. The Kier molecular flexibility index (Phi) is 4.66. The smallest absolute Gasteiger partial charge is 0.251 e. The first-order valence-corrected chi connectivity index (χ1v) is 10.7. The van der Waals surface area contributed by atoms with Crippen LogP contribution in [0.2, 0.25) is 0 Å². The van der Waals surface area contributed by atoms with Gasteiger partial charge in [-0.05, 0) is 56.7 Å². The first kappa shape index (κ1) is 17.8. The van der Waals surface area contributed by atoms with Crippen LogP contribution in [0.15, 0.2) is 23.1 Å². The van der Waals surface area contributed by atoms with Gasteiger partial charge < -0.3 is 15.4 Å². The number of rotatable bonds is 6. The zero-order valence-electron chi connectivity index (χ0n) is 14.8. The SMILES string of the molecule is COc1ccc(C(=O)NC2CC3CCC(C2)N3)cc1S(=O)(=O)NC1CC1. The van der Waals surface area contributed by atoms with Crippen LogP contribution < -0.4 is 20.1 Å². The fraction of sp³-hybridized carbons (Fsp3) is 0.611. The van der Waals surface area contributed by atoms with Gasteiger partial charge >= 0.3 is 0 Å². The maximum Gasteiger partial charge on any atom is 0.251 e. The second-order valence-corrected chi connectivity index (χ2v) is 9.22. The Bertz CT molecular complexity index is 795. The molecular formula is C18H25N3O4S. The van der Waals surface area contributed by atoms with Gasteiger partial charge in [0.1, 0.15) is 10.6 Å². The Labute approximate surface area is 153 Å². The van der Waals surface area contributed by atoms with Crippen LogP contribution in [-0.2, 0) is 10.0 Å². The molecular weight excluding hydrogens is 354 g/mol. The van der Waals surface area contributed by atoms with E-state index >= 15 is 0 Å². The van der Waals surface area contributed by atoms with Gasteiger partial charge in [0.2, 0.25) is 10.0 Å². The van der Waals surface area contributed by atoms with E-state index in [-0.39, 0.29) is 28.6 Å². The molecule has 8 heteroatoms. The highest BCUT2D eigenvalue weighted by Crippen LogP contribution is 2.29. The Morgan fingerprint density at radius 2 is 1.81 bits per heavy atom. The lowest BCUT2D eigenvalue weighted by molar-refractivity contribution is 0.0923. The molecule has 2 bridgehead atoms. The lowest BCUT2D eigenvalue weighted by atomic mass is 9.99. The Morgan fingerprint density at radius 3 is 2.42 bits per heavy atom. The third-order valence-electron chi connectivity index (χ3n) is 5.42. The van der Waals surface area contributed by atoms with Gasteiger partial charge in [0.15, 0.2) is 0 Å². The van der Waals surface area contributed by atoms with E-state index in [1.165, 1.54) is 13.2 Å². The van der Waals surface area contributed by atoms with Crippen molar-refractivity contribution < 1.29 is 17.9 Å². The summed E-state index contributed by atoms with van der Waals surface area (Å²) in [5, 5.41) is 6.62. The summed E-state index contributed by atoms with van der Waals surface area (Å²) >= 11 is 0. The van der Waals surface area contributed by atoms with E-state index in [2.05, 4.69) is 15.4 Å². The van der Waals surface area contributed by atoms with Gasteiger partial charge in [-0.1, -0.05) is 0 Å². The summed E-state index contributed by atoms with van der Waals surface area (Å²) in [6.07, 6.45) is 5.86. The predicted octanol–water partition coefficient (Wildman–Crippen LogP) is 1.15. The van der Waals surface area contributed by atoms with E-state index < -0.39 is 10.0 Å². The topological polar surface area (TPSA) is 96.5 Å². The minimum atomic E-state index is -3.70. The molecule has 0 radical (unpaired) electrons. The third kappa shape index (κ3) is 3.72. The molecule has 2 saturated heterocycles. The molecule has 2 atom stereocenters. The van der Waals surface area contributed by atoms with Crippen molar-refractivity contribution in [1.29, 1.82) is 0 Å². The largest absolute Gasteiger partial charge is 0.495 e. The number of methoxy groups -OCH3 is 1. The standard InChI is InChI=1S/C18H25N3O4S/c1-25-16-7-2-11(8-17(16)26(23,24)21-12-3-4-12)18(22)20-15-9-13-5-6-14(10-15)19-13/h2,7-8,12-15,19,21H,3-6,9-10H2,1H3,(H,20,22). The van der Waals surface area contributed by atoms with Crippen LogP contribution in [0.25, 0.3) is 0 Å². The predicted molar refractivity (Wildman–Crippen MR) is 96.8 cm³/mol. The summed E-state index contributed by atoms with van der Waals surface area (Å²) < 4.78 is 33.0. The number of ether oxygens (including phenoxy) is 1. The molecule has 3 fully saturated rings. The first-order valence-electron chi connectivity index (χ1n) is 9.22. The third-order valence-corrected chi connectivity index (χ3v) is 6.96. The van der Waals surface area contributed by atoms with Crippen LogP contribution in [-0.4, -0.2) is 45.6 Å². The van der Waals surface area contributed by atoms with Gasteiger partial charge in [-0.2, -0.15) is 0 Å². The van der Waals surface area contributed by atoms with Gasteiger partial charge in [-0.3, -0.25) is 4.79 Å². The van der Waals surface area contributed by atoms with Gasteiger partial charge in [0.25, 0.3) is 5.91 Å². The molecule has 7 nitrogen and oxygen atoms in total. The molecule has 1 aromatic rings. The van der Waals surface area contributed by atoms with Crippen LogP contribution in [0, 0.1) is 0 Å². The maximum atomic E-state index is 12.7. The highest BCUT2D eigenvalue weighted by atomic mass is 32.2. The number of fused-ring (bicyclic) bond motifs is 2. The molecule has 0 spiro atoms. The Hall–Kier alpha value is -1.64.